The number of nitrogens with zero attached hydrogens (tertiary/aromatic N) is 1. The number of oxime groups is 1. The van der Waals surface area contributed by atoms with Crippen LogP contribution in [0.25, 0.3) is 0 Å². The molecule has 0 radical (unpaired) electrons. The van der Waals surface area contributed by atoms with E-state index in [-0.39, 0.29) is 6.10 Å². The van der Waals surface area contributed by atoms with Crippen molar-refractivity contribution in [3.63, 3.8) is 0 Å². The molecule has 1 aliphatic rings. The zero-order chi connectivity index (χ0) is 10.8. The van der Waals surface area contributed by atoms with Crippen LogP contribution in [0.1, 0.15) is 22.5 Å². The summed E-state index contributed by atoms with van der Waals surface area (Å²) >= 11 is 0.452. The van der Waals surface area contributed by atoms with Crippen LogP contribution >= 0.6 is 0 Å². The van der Waals surface area contributed by atoms with E-state index < -0.39 is 0 Å². The van der Waals surface area contributed by atoms with Gasteiger partial charge in [0.05, 0.1) is 0 Å². The van der Waals surface area contributed by atoms with Gasteiger partial charge >= 0.3 is 100 Å². The molecule has 80 valence electrons. The Kier molecular flexibility index (Phi) is 2.64. The molecule has 1 aliphatic heterocycles. The SMILES string of the molecule is c1ccc(C2CC(c3ccc[se]3)=NO2)cc1. The van der Waals surface area contributed by atoms with Crippen LogP contribution in [-0.4, -0.2) is 20.2 Å². The second kappa shape index (κ2) is 4.28. The van der Waals surface area contributed by atoms with E-state index in [0.717, 1.165) is 12.1 Å². The summed E-state index contributed by atoms with van der Waals surface area (Å²) in [6.07, 6.45) is 1.01. The van der Waals surface area contributed by atoms with Crippen molar-refractivity contribution in [3.8, 4) is 0 Å². The molecule has 16 heavy (non-hydrogen) atoms. The van der Waals surface area contributed by atoms with Gasteiger partial charge in [0.25, 0.3) is 0 Å². The first kappa shape index (κ1) is 9.88. The average molecular weight is 276 g/mol. The topological polar surface area (TPSA) is 21.6 Å². The molecule has 1 atom stereocenters. The van der Waals surface area contributed by atoms with Gasteiger partial charge in [-0.1, -0.05) is 0 Å². The Balaban J connectivity index is 1.78. The molecule has 3 heteroatoms. The van der Waals surface area contributed by atoms with Crippen molar-refractivity contribution in [2.24, 2.45) is 5.16 Å². The summed E-state index contributed by atoms with van der Waals surface area (Å²) < 4.78 is 1.35. The second-order valence-corrected chi connectivity index (χ2v) is 5.71. The molecule has 0 amide bonds. The first-order valence-corrected chi connectivity index (χ1v) is 7.09. The van der Waals surface area contributed by atoms with Gasteiger partial charge in [-0.3, -0.25) is 0 Å². The van der Waals surface area contributed by atoms with Gasteiger partial charge in [0, 0.05) is 0 Å². The summed E-state index contributed by atoms with van der Waals surface area (Å²) in [5.74, 6) is 0. The van der Waals surface area contributed by atoms with Crippen molar-refractivity contribution >= 4 is 20.2 Å². The Labute approximate surface area is 100 Å². The zero-order valence-corrected chi connectivity index (χ0v) is 10.4. The van der Waals surface area contributed by atoms with Crippen molar-refractivity contribution in [2.45, 2.75) is 12.5 Å². The Morgan fingerprint density at radius 3 is 2.75 bits per heavy atom. The number of rotatable bonds is 2. The van der Waals surface area contributed by atoms with E-state index in [0.29, 0.717) is 14.5 Å². The summed E-state index contributed by atoms with van der Waals surface area (Å²) in [6, 6.07) is 14.5. The van der Waals surface area contributed by atoms with Crippen LogP contribution in [0.15, 0.2) is 52.6 Å². The fraction of sp³-hybridized carbons (Fsp3) is 0.154. The first-order chi connectivity index (χ1) is 7.93. The molecule has 3 rings (SSSR count). The number of benzene rings is 1. The first-order valence-electron chi connectivity index (χ1n) is 5.25. The Bertz CT molecular complexity index is 490. The summed E-state index contributed by atoms with van der Waals surface area (Å²) in [4.78, 5) is 7.70. The Morgan fingerprint density at radius 2 is 2.00 bits per heavy atom. The van der Waals surface area contributed by atoms with E-state index in [2.05, 4.69) is 34.4 Å². The molecular weight excluding hydrogens is 265 g/mol. The van der Waals surface area contributed by atoms with Gasteiger partial charge in [0.15, 0.2) is 0 Å². The molecule has 0 saturated heterocycles. The third-order valence-electron chi connectivity index (χ3n) is 2.65. The standard InChI is InChI=1S/C13H11NOSe/c1-2-5-10(6-3-1)12-9-11(14-15-12)13-7-4-8-16-13/h1-8,12H,9H2. The minimum atomic E-state index is 0.105. The summed E-state index contributed by atoms with van der Waals surface area (Å²) in [5.41, 5.74) is 2.33. The molecule has 1 aromatic carbocycles. The molecular formula is C13H11NOSe. The van der Waals surface area contributed by atoms with Crippen molar-refractivity contribution in [1.29, 1.82) is 0 Å². The van der Waals surface area contributed by atoms with Crippen LogP contribution < -0.4 is 0 Å². The monoisotopic (exact) mass is 277 g/mol. The van der Waals surface area contributed by atoms with Gasteiger partial charge in [-0.25, -0.2) is 0 Å². The van der Waals surface area contributed by atoms with Crippen molar-refractivity contribution in [1.82, 2.24) is 0 Å². The van der Waals surface area contributed by atoms with E-state index in [1.54, 1.807) is 0 Å². The third-order valence-corrected chi connectivity index (χ3v) is 4.57. The molecule has 2 nitrogen and oxygen atoms in total. The molecule has 0 N–H and O–H groups in total. The quantitative estimate of drug-likeness (QED) is 0.773. The molecule has 2 aromatic rings. The van der Waals surface area contributed by atoms with Gasteiger partial charge in [-0.15, -0.1) is 0 Å². The van der Waals surface area contributed by atoms with Gasteiger partial charge in [-0.2, -0.15) is 0 Å². The summed E-state index contributed by atoms with van der Waals surface area (Å²) in [7, 11) is 0. The predicted octanol–water partition coefficient (Wildman–Crippen LogP) is 2.61. The molecule has 2 heterocycles. The van der Waals surface area contributed by atoms with Crippen LogP contribution in [0.4, 0.5) is 0 Å². The molecule has 0 aliphatic carbocycles. The molecule has 1 aromatic heterocycles. The van der Waals surface area contributed by atoms with Crippen LogP contribution in [0.2, 0.25) is 0 Å². The molecule has 0 spiro atoms. The van der Waals surface area contributed by atoms with Crippen molar-refractivity contribution in [2.75, 3.05) is 0 Å². The van der Waals surface area contributed by atoms with Crippen molar-refractivity contribution < 1.29 is 4.84 Å². The Morgan fingerprint density at radius 1 is 1.12 bits per heavy atom. The fourth-order valence-corrected chi connectivity index (χ4v) is 3.32. The van der Waals surface area contributed by atoms with Gasteiger partial charge in [0.2, 0.25) is 0 Å². The van der Waals surface area contributed by atoms with Gasteiger partial charge in [0.1, 0.15) is 0 Å². The average Bonchev–Trinajstić information content (AvgIpc) is 3.01. The second-order valence-electron chi connectivity index (χ2n) is 3.72. The van der Waals surface area contributed by atoms with Crippen LogP contribution in [0, 0.1) is 0 Å². The van der Waals surface area contributed by atoms with E-state index in [4.69, 9.17) is 4.84 Å². The molecule has 0 saturated carbocycles. The number of hydrogen-bond donors (Lipinski definition) is 0. The Hall–Kier alpha value is -1.31. The van der Waals surface area contributed by atoms with Gasteiger partial charge < -0.3 is 0 Å². The predicted molar refractivity (Wildman–Crippen MR) is 64.8 cm³/mol. The van der Waals surface area contributed by atoms with E-state index >= 15 is 0 Å². The zero-order valence-electron chi connectivity index (χ0n) is 8.67. The summed E-state index contributed by atoms with van der Waals surface area (Å²) in [6.45, 7) is 0. The van der Waals surface area contributed by atoms with E-state index in [9.17, 15) is 0 Å². The molecule has 1 unspecified atom stereocenters. The van der Waals surface area contributed by atoms with Crippen LogP contribution in [0.3, 0.4) is 0 Å². The maximum atomic E-state index is 5.49. The van der Waals surface area contributed by atoms with E-state index in [1.807, 2.05) is 18.2 Å². The van der Waals surface area contributed by atoms with Crippen LogP contribution in [-0.2, 0) is 4.84 Å². The maximum absolute atomic E-state index is 5.49. The van der Waals surface area contributed by atoms with E-state index in [1.165, 1.54) is 10.0 Å². The number of hydrogen-bond acceptors (Lipinski definition) is 2. The minimum absolute atomic E-state index is 0.105. The van der Waals surface area contributed by atoms with Crippen molar-refractivity contribution in [3.05, 3.63) is 57.4 Å². The molecule has 0 fully saturated rings. The normalized spacial score (nSPS) is 19.2. The third kappa shape index (κ3) is 1.84. The molecule has 0 bridgehead atoms. The van der Waals surface area contributed by atoms with Gasteiger partial charge in [-0.05, 0) is 0 Å². The summed E-state index contributed by atoms with van der Waals surface area (Å²) in [5, 5.41) is 4.20. The van der Waals surface area contributed by atoms with Crippen LogP contribution in [0.5, 0.6) is 0 Å². The fourth-order valence-electron chi connectivity index (χ4n) is 1.81.